The summed E-state index contributed by atoms with van der Waals surface area (Å²) in [5.74, 6) is 0. The third-order valence-electron chi connectivity index (χ3n) is 2.55. The van der Waals surface area contributed by atoms with Crippen LogP contribution in [-0.2, 0) is 0 Å². The number of hydrogen-bond donors (Lipinski definition) is 1. The molecule has 1 rings (SSSR count). The predicted octanol–water partition coefficient (Wildman–Crippen LogP) is 1.74. The van der Waals surface area contributed by atoms with Crippen LogP contribution >= 0.6 is 0 Å². The Morgan fingerprint density at radius 2 is 2.09 bits per heavy atom. The van der Waals surface area contributed by atoms with E-state index in [1.807, 2.05) is 12.4 Å². The van der Waals surface area contributed by atoms with E-state index in [-0.39, 0.29) is 0 Å². The van der Waals surface area contributed by atoms with Crippen LogP contribution in [0.3, 0.4) is 0 Å². The maximum atomic E-state index is 4.32. The van der Waals surface area contributed by atoms with Crippen molar-refractivity contribution in [1.29, 1.82) is 0 Å². The Hall–Kier alpha value is -0.573. The molecule has 0 aromatic carbocycles. The molecule has 1 N–H and O–H groups in total. The van der Waals surface area contributed by atoms with E-state index in [2.05, 4.69) is 36.9 Å². The van der Waals surface area contributed by atoms with E-state index in [0.29, 0.717) is 0 Å². The average molecular weight is 168 g/mol. The zero-order chi connectivity index (χ0) is 8.48. The summed E-state index contributed by atoms with van der Waals surface area (Å²) < 4.78 is 0. The minimum atomic E-state index is -1.27. The van der Waals surface area contributed by atoms with E-state index in [1.165, 1.54) is 5.45 Å². The molecule has 11 heavy (non-hydrogen) atoms. The normalized spacial score (nSPS) is 12.5. The van der Waals surface area contributed by atoms with E-state index in [0.717, 1.165) is 5.54 Å². The fraction of sp³-hybridized carbons (Fsp3) is 0.625. The average Bonchev–Trinajstić information content (AvgIpc) is 2.37. The highest BCUT2D eigenvalue weighted by atomic mass is 28.3. The number of H-pyrrole nitrogens is 1. The number of aromatic nitrogens is 2. The van der Waals surface area contributed by atoms with Gasteiger partial charge in [0.15, 0.2) is 0 Å². The van der Waals surface area contributed by atoms with Crippen molar-refractivity contribution in [3.05, 3.63) is 12.4 Å². The monoisotopic (exact) mass is 168 g/mol. The first-order valence-corrected chi connectivity index (χ1v) is 7.12. The van der Waals surface area contributed by atoms with E-state index < -0.39 is 8.07 Å². The maximum Gasteiger partial charge on any atom is 0.128 e. The lowest BCUT2D eigenvalue weighted by Gasteiger charge is -2.23. The first-order valence-electron chi connectivity index (χ1n) is 4.05. The standard InChI is InChI=1S/C8H16N2Si/c1-7(2)11(3,4)8-9-5-6-10-8/h5-7H,1-4H3,(H,9,10). The highest BCUT2D eigenvalue weighted by Crippen LogP contribution is 2.17. The van der Waals surface area contributed by atoms with E-state index in [1.54, 1.807) is 0 Å². The fourth-order valence-electron chi connectivity index (χ4n) is 0.891. The second kappa shape index (κ2) is 2.81. The first-order chi connectivity index (χ1) is 5.05. The quantitative estimate of drug-likeness (QED) is 0.669. The molecule has 1 aromatic rings. The van der Waals surface area contributed by atoms with Gasteiger partial charge in [-0.15, -0.1) is 0 Å². The molecule has 0 bridgehead atoms. The van der Waals surface area contributed by atoms with Crippen molar-refractivity contribution in [3.8, 4) is 0 Å². The highest BCUT2D eigenvalue weighted by Gasteiger charge is 2.29. The van der Waals surface area contributed by atoms with Gasteiger partial charge < -0.3 is 4.98 Å². The van der Waals surface area contributed by atoms with Crippen LogP contribution in [0.5, 0.6) is 0 Å². The van der Waals surface area contributed by atoms with Gasteiger partial charge in [0.05, 0.1) is 5.45 Å². The van der Waals surface area contributed by atoms with Gasteiger partial charge in [0.25, 0.3) is 0 Å². The molecule has 2 nitrogen and oxygen atoms in total. The molecular weight excluding hydrogens is 152 g/mol. The van der Waals surface area contributed by atoms with Gasteiger partial charge in [-0.3, -0.25) is 0 Å². The number of hydrogen-bond acceptors (Lipinski definition) is 1. The van der Waals surface area contributed by atoms with Crippen LogP contribution in [-0.4, -0.2) is 18.0 Å². The molecule has 0 aliphatic heterocycles. The summed E-state index contributed by atoms with van der Waals surface area (Å²) in [7, 11) is -1.27. The molecule has 1 aromatic heterocycles. The van der Waals surface area contributed by atoms with Crippen LogP contribution in [0, 0.1) is 0 Å². The van der Waals surface area contributed by atoms with Gasteiger partial charge in [-0.25, -0.2) is 4.98 Å². The van der Waals surface area contributed by atoms with Crippen molar-refractivity contribution in [2.75, 3.05) is 0 Å². The molecule has 0 spiro atoms. The lowest BCUT2D eigenvalue weighted by molar-refractivity contribution is 1.01. The van der Waals surface area contributed by atoms with E-state index in [9.17, 15) is 0 Å². The molecule has 0 fully saturated rings. The third kappa shape index (κ3) is 1.53. The minimum Gasteiger partial charge on any atom is -0.353 e. The molecule has 1 heterocycles. The summed E-state index contributed by atoms with van der Waals surface area (Å²) in [6.07, 6.45) is 3.75. The zero-order valence-electron chi connectivity index (χ0n) is 7.68. The number of nitrogens with one attached hydrogen (secondary N) is 1. The summed E-state index contributed by atoms with van der Waals surface area (Å²) >= 11 is 0. The Labute approximate surface area is 69.1 Å². The van der Waals surface area contributed by atoms with Gasteiger partial charge in [0.2, 0.25) is 0 Å². The second-order valence-corrected chi connectivity index (χ2v) is 8.89. The Morgan fingerprint density at radius 1 is 1.45 bits per heavy atom. The number of rotatable bonds is 2. The molecular formula is C8H16N2Si. The molecule has 62 valence electrons. The Morgan fingerprint density at radius 3 is 2.45 bits per heavy atom. The fourth-order valence-corrected chi connectivity index (χ4v) is 2.30. The number of aromatic amines is 1. The van der Waals surface area contributed by atoms with Crippen LogP contribution < -0.4 is 5.45 Å². The lowest BCUT2D eigenvalue weighted by Crippen LogP contribution is -2.46. The highest BCUT2D eigenvalue weighted by molar-refractivity contribution is 6.89. The van der Waals surface area contributed by atoms with Gasteiger partial charge >= 0.3 is 0 Å². The molecule has 0 saturated heterocycles. The van der Waals surface area contributed by atoms with Crippen molar-refractivity contribution < 1.29 is 0 Å². The van der Waals surface area contributed by atoms with Gasteiger partial charge in [-0.2, -0.15) is 0 Å². The number of nitrogens with zero attached hydrogens (tertiary/aromatic N) is 1. The molecule has 0 saturated carbocycles. The van der Waals surface area contributed by atoms with E-state index >= 15 is 0 Å². The molecule has 0 atom stereocenters. The summed E-state index contributed by atoms with van der Waals surface area (Å²) in [6.45, 7) is 9.23. The second-order valence-electron chi connectivity index (χ2n) is 3.81. The Bertz CT molecular complexity index is 214. The summed E-state index contributed by atoms with van der Waals surface area (Å²) in [5.41, 5.74) is 1.96. The molecule has 0 aliphatic carbocycles. The molecule has 0 amide bonds. The van der Waals surface area contributed by atoms with Crippen LogP contribution in [0.2, 0.25) is 18.6 Å². The van der Waals surface area contributed by atoms with Crippen LogP contribution in [0.25, 0.3) is 0 Å². The SMILES string of the molecule is CC(C)[Si](C)(C)c1ncc[nH]1. The van der Waals surface area contributed by atoms with Gasteiger partial charge in [-0.05, 0) is 5.54 Å². The zero-order valence-corrected chi connectivity index (χ0v) is 8.68. The van der Waals surface area contributed by atoms with Crippen molar-refractivity contribution in [3.63, 3.8) is 0 Å². The molecule has 0 aliphatic rings. The topological polar surface area (TPSA) is 28.7 Å². The van der Waals surface area contributed by atoms with Crippen molar-refractivity contribution in [1.82, 2.24) is 9.97 Å². The molecule has 3 heteroatoms. The third-order valence-corrected chi connectivity index (χ3v) is 6.93. The van der Waals surface area contributed by atoms with Crippen molar-refractivity contribution >= 4 is 13.5 Å². The Balaban J connectivity index is 2.90. The smallest absolute Gasteiger partial charge is 0.128 e. The van der Waals surface area contributed by atoms with Crippen molar-refractivity contribution in [2.45, 2.75) is 32.5 Å². The minimum absolute atomic E-state index is 0.744. The summed E-state index contributed by atoms with van der Waals surface area (Å²) in [4.78, 5) is 7.52. The lowest BCUT2D eigenvalue weighted by atomic mass is 10.6. The first kappa shape index (κ1) is 8.52. The predicted molar refractivity (Wildman–Crippen MR) is 50.8 cm³/mol. The molecule has 0 radical (unpaired) electrons. The van der Waals surface area contributed by atoms with Crippen LogP contribution in [0.1, 0.15) is 13.8 Å². The van der Waals surface area contributed by atoms with Crippen LogP contribution in [0.15, 0.2) is 12.4 Å². The maximum absolute atomic E-state index is 4.32. The largest absolute Gasteiger partial charge is 0.353 e. The summed E-state index contributed by atoms with van der Waals surface area (Å²) in [6, 6.07) is 0. The van der Waals surface area contributed by atoms with E-state index in [4.69, 9.17) is 0 Å². The Kier molecular flexibility index (Phi) is 2.18. The van der Waals surface area contributed by atoms with Gasteiger partial charge in [0.1, 0.15) is 8.07 Å². The molecule has 0 unspecified atom stereocenters. The van der Waals surface area contributed by atoms with Crippen molar-refractivity contribution in [2.24, 2.45) is 0 Å². The number of imidazole rings is 1. The van der Waals surface area contributed by atoms with Gasteiger partial charge in [-0.1, -0.05) is 26.9 Å². The van der Waals surface area contributed by atoms with Gasteiger partial charge in [0, 0.05) is 12.4 Å². The summed E-state index contributed by atoms with van der Waals surface area (Å²) in [5, 5.41) is 0. The van der Waals surface area contributed by atoms with Crippen LogP contribution in [0.4, 0.5) is 0 Å².